The maximum Gasteiger partial charge on any atom is 0.416 e. The molecule has 0 aliphatic heterocycles. The van der Waals surface area contributed by atoms with E-state index >= 15 is 0 Å². The van der Waals surface area contributed by atoms with E-state index in [1.165, 1.54) is 30.3 Å². The number of anilines is 1. The van der Waals surface area contributed by atoms with Crippen LogP contribution in [0.2, 0.25) is 0 Å². The molecule has 0 spiro atoms. The van der Waals surface area contributed by atoms with Crippen LogP contribution < -0.4 is 14.8 Å². The minimum atomic E-state index is -4.59. The molecular weight excluding hydrogens is 447 g/mol. The van der Waals surface area contributed by atoms with Gasteiger partial charge in [0.05, 0.1) is 10.5 Å². The second-order valence-corrected chi connectivity index (χ2v) is 8.26. The number of carbonyl (C=O) groups is 1. The highest BCUT2D eigenvalue weighted by Gasteiger charge is 2.30. The third kappa shape index (κ3) is 6.45. The number of aromatic nitrogens is 1. The van der Waals surface area contributed by atoms with Gasteiger partial charge in [0.15, 0.2) is 6.61 Å². The third-order valence-corrected chi connectivity index (χ3v) is 5.58. The largest absolute Gasteiger partial charge is 0.484 e. The van der Waals surface area contributed by atoms with Crippen LogP contribution in [0.3, 0.4) is 0 Å². The van der Waals surface area contributed by atoms with E-state index in [4.69, 9.17) is 4.74 Å². The highest BCUT2D eigenvalue weighted by Crippen LogP contribution is 2.31. The van der Waals surface area contributed by atoms with Gasteiger partial charge in [-0.1, -0.05) is 6.07 Å². The van der Waals surface area contributed by atoms with E-state index in [2.05, 4.69) is 15.0 Å². The lowest BCUT2D eigenvalue weighted by atomic mass is 10.2. The first kappa shape index (κ1) is 23.1. The Morgan fingerprint density at radius 3 is 2.34 bits per heavy atom. The average Bonchev–Trinajstić information content (AvgIpc) is 2.76. The average molecular weight is 465 g/mol. The molecule has 2 N–H and O–H groups in total. The summed E-state index contributed by atoms with van der Waals surface area (Å²) < 4.78 is 70.8. The zero-order chi connectivity index (χ0) is 23.2. The molecule has 168 valence electrons. The highest BCUT2D eigenvalue weighted by atomic mass is 32.2. The van der Waals surface area contributed by atoms with Crippen molar-refractivity contribution in [1.82, 2.24) is 10.3 Å². The molecule has 3 aromatic rings. The molecule has 32 heavy (non-hydrogen) atoms. The van der Waals surface area contributed by atoms with Gasteiger partial charge < -0.3 is 10.1 Å². The van der Waals surface area contributed by atoms with Crippen LogP contribution in [0.4, 0.5) is 18.9 Å². The quantitative estimate of drug-likeness (QED) is 0.530. The summed E-state index contributed by atoms with van der Waals surface area (Å²) in [5.41, 5.74) is -0.314. The summed E-state index contributed by atoms with van der Waals surface area (Å²) in [6.07, 6.45) is -1.38. The first-order valence-electron chi connectivity index (χ1n) is 9.22. The van der Waals surface area contributed by atoms with E-state index in [0.29, 0.717) is 12.6 Å². The van der Waals surface area contributed by atoms with Gasteiger partial charge in [-0.05, 0) is 60.2 Å². The molecule has 0 saturated carbocycles. The van der Waals surface area contributed by atoms with Crippen LogP contribution in [0.5, 0.6) is 5.75 Å². The maximum atomic E-state index is 12.8. The third-order valence-electron chi connectivity index (χ3n) is 4.19. The Hall–Kier alpha value is -3.60. The van der Waals surface area contributed by atoms with Gasteiger partial charge in [0, 0.05) is 24.6 Å². The number of sulfonamides is 1. The Bertz CT molecular complexity index is 1170. The predicted octanol–water partition coefficient (Wildman–Crippen LogP) is 3.60. The first-order valence-corrected chi connectivity index (χ1v) is 10.7. The zero-order valence-electron chi connectivity index (χ0n) is 16.5. The fraction of sp³-hybridized carbons (Fsp3) is 0.143. The van der Waals surface area contributed by atoms with Gasteiger partial charge in [0.25, 0.3) is 15.9 Å². The molecule has 0 aliphatic carbocycles. The van der Waals surface area contributed by atoms with E-state index in [1.54, 1.807) is 24.5 Å². The molecule has 11 heteroatoms. The topological polar surface area (TPSA) is 97.4 Å². The molecule has 0 fully saturated rings. The number of nitrogens with one attached hydrogen (secondary N) is 2. The van der Waals surface area contributed by atoms with Crippen LogP contribution in [0.25, 0.3) is 0 Å². The van der Waals surface area contributed by atoms with Gasteiger partial charge in [0.2, 0.25) is 0 Å². The molecule has 3 rings (SSSR count). The van der Waals surface area contributed by atoms with Crippen molar-refractivity contribution < 1.29 is 31.1 Å². The number of halogens is 3. The molecule has 0 aliphatic rings. The van der Waals surface area contributed by atoms with Crippen molar-refractivity contribution in [3.63, 3.8) is 0 Å². The standard InChI is InChI=1S/C21H18F3N3O4S/c22-21(23,24)16-2-1-3-17(12-16)27-32(29,30)19-6-4-18(5-7-19)31-14-20(28)26-13-15-8-10-25-11-9-15/h1-12,27H,13-14H2,(H,26,28). The Balaban J connectivity index is 1.57. The number of amides is 1. The lowest BCUT2D eigenvalue weighted by molar-refractivity contribution is -0.137. The van der Waals surface area contributed by atoms with Gasteiger partial charge in [-0.3, -0.25) is 14.5 Å². The van der Waals surface area contributed by atoms with Crippen molar-refractivity contribution in [3.8, 4) is 5.75 Å². The Morgan fingerprint density at radius 1 is 1.00 bits per heavy atom. The number of carbonyl (C=O) groups excluding carboxylic acids is 1. The second-order valence-electron chi connectivity index (χ2n) is 6.58. The molecule has 1 aromatic heterocycles. The van der Waals surface area contributed by atoms with Gasteiger partial charge in [-0.2, -0.15) is 13.2 Å². The summed E-state index contributed by atoms with van der Waals surface area (Å²) in [5, 5.41) is 2.67. The number of nitrogens with zero attached hydrogens (tertiary/aromatic N) is 1. The van der Waals surface area contributed by atoms with Crippen molar-refractivity contribution in [2.24, 2.45) is 0 Å². The summed E-state index contributed by atoms with van der Waals surface area (Å²) in [6.45, 7) is 0.0305. The Morgan fingerprint density at radius 2 is 1.69 bits per heavy atom. The van der Waals surface area contributed by atoms with Gasteiger partial charge in [0.1, 0.15) is 5.75 Å². The van der Waals surface area contributed by atoms with E-state index < -0.39 is 21.8 Å². The van der Waals surface area contributed by atoms with Crippen molar-refractivity contribution in [3.05, 3.63) is 84.2 Å². The van der Waals surface area contributed by atoms with E-state index in [0.717, 1.165) is 17.7 Å². The van der Waals surface area contributed by atoms with Crippen LogP contribution in [0.1, 0.15) is 11.1 Å². The van der Waals surface area contributed by atoms with Gasteiger partial charge >= 0.3 is 6.18 Å². The smallest absolute Gasteiger partial charge is 0.416 e. The molecule has 1 amide bonds. The normalized spacial score (nSPS) is 11.6. The number of hydrogen-bond donors (Lipinski definition) is 2. The zero-order valence-corrected chi connectivity index (χ0v) is 17.3. The molecule has 0 atom stereocenters. The molecule has 0 unspecified atom stereocenters. The monoisotopic (exact) mass is 465 g/mol. The molecule has 0 bridgehead atoms. The van der Waals surface area contributed by atoms with Crippen molar-refractivity contribution >= 4 is 21.6 Å². The number of alkyl halides is 3. The summed E-state index contributed by atoms with van der Waals surface area (Å²) in [7, 11) is -4.12. The van der Waals surface area contributed by atoms with E-state index in [9.17, 15) is 26.4 Å². The van der Waals surface area contributed by atoms with Crippen molar-refractivity contribution in [2.75, 3.05) is 11.3 Å². The SMILES string of the molecule is O=C(COc1ccc(S(=O)(=O)Nc2cccc(C(F)(F)F)c2)cc1)NCc1ccncc1. The highest BCUT2D eigenvalue weighted by molar-refractivity contribution is 7.92. The summed E-state index contributed by atoms with van der Waals surface area (Å²) in [5.74, 6) is -0.119. The van der Waals surface area contributed by atoms with Crippen LogP contribution in [0.15, 0.2) is 78.0 Å². The summed E-state index contributed by atoms with van der Waals surface area (Å²) >= 11 is 0. The second kappa shape index (κ2) is 9.69. The maximum absolute atomic E-state index is 12.8. The molecule has 0 saturated heterocycles. The number of hydrogen-bond acceptors (Lipinski definition) is 5. The van der Waals surface area contributed by atoms with Crippen molar-refractivity contribution in [1.29, 1.82) is 0 Å². The molecule has 0 radical (unpaired) electrons. The fourth-order valence-electron chi connectivity index (χ4n) is 2.59. The predicted molar refractivity (Wildman–Crippen MR) is 110 cm³/mol. The number of ether oxygens (including phenoxy) is 1. The number of benzene rings is 2. The van der Waals surface area contributed by atoms with Crippen LogP contribution in [-0.4, -0.2) is 25.9 Å². The Kier molecular flexibility index (Phi) is 6.98. The molecule has 2 aromatic carbocycles. The first-order chi connectivity index (χ1) is 15.1. The van der Waals surface area contributed by atoms with Crippen LogP contribution in [0, 0.1) is 0 Å². The minimum absolute atomic E-state index is 0.176. The number of pyridine rings is 1. The molecule has 1 heterocycles. The summed E-state index contributed by atoms with van der Waals surface area (Å²) in [4.78, 5) is 15.6. The molecular formula is C21H18F3N3O4S. The van der Waals surface area contributed by atoms with E-state index in [1.807, 2.05) is 0 Å². The lowest BCUT2D eigenvalue weighted by Gasteiger charge is -2.12. The van der Waals surface area contributed by atoms with Crippen LogP contribution >= 0.6 is 0 Å². The summed E-state index contributed by atoms with van der Waals surface area (Å²) in [6, 6.07) is 12.5. The molecule has 7 nitrogen and oxygen atoms in total. The van der Waals surface area contributed by atoms with Gasteiger partial charge in [-0.15, -0.1) is 0 Å². The Labute approximate surface area is 182 Å². The fourth-order valence-corrected chi connectivity index (χ4v) is 3.64. The van der Waals surface area contributed by atoms with Crippen LogP contribution in [-0.2, 0) is 27.5 Å². The van der Waals surface area contributed by atoms with E-state index in [-0.39, 0.29) is 28.8 Å². The van der Waals surface area contributed by atoms with Crippen molar-refractivity contribution in [2.45, 2.75) is 17.6 Å². The lowest BCUT2D eigenvalue weighted by Crippen LogP contribution is -2.28. The minimum Gasteiger partial charge on any atom is -0.484 e. The van der Waals surface area contributed by atoms with Gasteiger partial charge in [-0.25, -0.2) is 8.42 Å². The number of rotatable bonds is 8.